The number of carbonyl (C=O) groups is 2. The van der Waals surface area contributed by atoms with Crippen LogP contribution >= 0.6 is 0 Å². The molecule has 8 nitrogen and oxygen atoms in total. The van der Waals surface area contributed by atoms with Gasteiger partial charge in [-0.3, -0.25) is 9.59 Å². The summed E-state index contributed by atoms with van der Waals surface area (Å²) < 4.78 is 10.9. The largest absolute Gasteiger partial charge is 0.457 e. The fraction of sp³-hybridized carbons (Fsp3) is 0.679. The molecule has 0 fully saturated rings. The number of carbonyl (C=O) groups excluding carboxylic acids is 2. The van der Waals surface area contributed by atoms with Gasteiger partial charge in [0.2, 0.25) is 5.89 Å². The second kappa shape index (κ2) is 13.3. The van der Waals surface area contributed by atoms with Crippen LogP contribution in [0.15, 0.2) is 27.9 Å². The van der Waals surface area contributed by atoms with E-state index in [0.717, 1.165) is 30.4 Å². The molecule has 1 aliphatic heterocycles. The third-order valence-corrected chi connectivity index (χ3v) is 7.37. The molecule has 0 radical (unpaired) electrons. The van der Waals surface area contributed by atoms with Crippen molar-refractivity contribution >= 4 is 17.8 Å². The van der Waals surface area contributed by atoms with Gasteiger partial charge in [0.1, 0.15) is 30.5 Å². The Labute approximate surface area is 214 Å². The van der Waals surface area contributed by atoms with E-state index >= 15 is 0 Å². The molecule has 0 aliphatic carbocycles. The predicted molar refractivity (Wildman–Crippen MR) is 137 cm³/mol. The van der Waals surface area contributed by atoms with Crippen LogP contribution in [0.2, 0.25) is 0 Å². The number of allylic oxidation sites excluding steroid dienone is 1. The minimum absolute atomic E-state index is 0.0679. The van der Waals surface area contributed by atoms with Crippen molar-refractivity contribution in [2.75, 3.05) is 0 Å². The van der Waals surface area contributed by atoms with E-state index in [2.05, 4.69) is 4.98 Å². The van der Waals surface area contributed by atoms with Gasteiger partial charge in [0, 0.05) is 12.3 Å². The summed E-state index contributed by atoms with van der Waals surface area (Å²) in [5.74, 6) is -1.35. The maximum absolute atomic E-state index is 13.4. The highest BCUT2D eigenvalue weighted by Gasteiger charge is 2.43. The molecule has 0 spiro atoms. The Morgan fingerprint density at radius 1 is 1.28 bits per heavy atom. The number of ketones is 1. The Balaban J connectivity index is 2.35. The summed E-state index contributed by atoms with van der Waals surface area (Å²) in [6.45, 7) is 10.6. The number of ether oxygens (including phenoxy) is 1. The minimum Gasteiger partial charge on any atom is -0.457 e. The van der Waals surface area contributed by atoms with Gasteiger partial charge >= 0.3 is 5.97 Å². The quantitative estimate of drug-likeness (QED) is 0.406. The third-order valence-electron chi connectivity index (χ3n) is 7.37. The van der Waals surface area contributed by atoms with E-state index in [1.807, 2.05) is 33.8 Å². The molecule has 36 heavy (non-hydrogen) atoms. The average Bonchev–Trinajstić information content (AvgIpc) is 3.28. The predicted octanol–water partition coefficient (Wildman–Crippen LogP) is 4.37. The minimum atomic E-state index is -1.26. The van der Waals surface area contributed by atoms with Crippen molar-refractivity contribution < 1.29 is 34.1 Å². The number of Topliss-reactive ketones (excluding diaryl/α,β-unsaturated/α-hetero) is 1. The van der Waals surface area contributed by atoms with Crippen molar-refractivity contribution in [3.8, 4) is 0 Å². The SMILES string of the molecule is CC[C@H]1C(=O)C(C)(C)[C@@H](O)CC(=O)O[C@H](C(C)=Cc2coc(CO)n2)C/C=C(/C)CCC[C@H](C)[C@@H]1O. The van der Waals surface area contributed by atoms with Crippen molar-refractivity contribution in [1.29, 1.82) is 0 Å². The van der Waals surface area contributed by atoms with E-state index in [9.17, 15) is 24.9 Å². The summed E-state index contributed by atoms with van der Waals surface area (Å²) in [5.41, 5.74) is 1.16. The first-order valence-electron chi connectivity index (χ1n) is 12.9. The van der Waals surface area contributed by atoms with Gasteiger partial charge in [-0.05, 0) is 57.1 Å². The van der Waals surface area contributed by atoms with Gasteiger partial charge in [0.15, 0.2) is 0 Å². The number of aliphatic hydroxyl groups is 3. The number of oxazole rings is 1. The Morgan fingerprint density at radius 3 is 2.58 bits per heavy atom. The molecule has 2 rings (SSSR count). The molecule has 0 saturated carbocycles. The molecule has 0 unspecified atom stereocenters. The molecule has 1 aromatic rings. The zero-order valence-electron chi connectivity index (χ0n) is 22.5. The highest BCUT2D eigenvalue weighted by molar-refractivity contribution is 5.88. The molecule has 0 aromatic carbocycles. The van der Waals surface area contributed by atoms with Crippen LogP contribution in [-0.4, -0.2) is 50.4 Å². The monoisotopic (exact) mass is 505 g/mol. The number of rotatable bonds is 4. The van der Waals surface area contributed by atoms with E-state index in [-0.39, 0.29) is 30.6 Å². The van der Waals surface area contributed by atoms with Crippen molar-refractivity contribution in [2.45, 2.75) is 105 Å². The van der Waals surface area contributed by atoms with Crippen LogP contribution in [0.3, 0.4) is 0 Å². The number of aromatic nitrogens is 1. The molecular formula is C28H43NO7. The van der Waals surface area contributed by atoms with E-state index in [1.54, 1.807) is 19.9 Å². The van der Waals surface area contributed by atoms with Gasteiger partial charge < -0.3 is 24.5 Å². The van der Waals surface area contributed by atoms with Crippen molar-refractivity contribution in [1.82, 2.24) is 4.98 Å². The van der Waals surface area contributed by atoms with Crippen LogP contribution < -0.4 is 0 Å². The number of cyclic esters (lactones) is 1. The topological polar surface area (TPSA) is 130 Å². The van der Waals surface area contributed by atoms with Gasteiger partial charge in [-0.1, -0.05) is 39.3 Å². The number of hydrogen-bond donors (Lipinski definition) is 3. The van der Waals surface area contributed by atoms with E-state index in [1.165, 1.54) is 6.26 Å². The second-order valence-corrected chi connectivity index (χ2v) is 10.7. The Kier molecular flexibility index (Phi) is 11.1. The van der Waals surface area contributed by atoms with Gasteiger partial charge in [0.25, 0.3) is 0 Å². The lowest BCUT2D eigenvalue weighted by Gasteiger charge is -2.35. The standard InChI is InChI=1S/C28H43NO7/c1-7-21-26(33)18(3)10-8-9-17(2)11-12-22(19(4)13-20-16-35-24(15-30)29-20)36-25(32)14-23(31)28(5,6)27(21)34/h11,13,16,18,21-23,26,30-31,33H,7-10,12,14-15H2,1-6H3/b17-11-,19-13?/t18-,21+,22-,23-,26-/m0/s1. The number of esters is 1. The highest BCUT2D eigenvalue weighted by atomic mass is 16.5. The molecule has 1 aromatic heterocycles. The Bertz CT molecular complexity index is 945. The summed E-state index contributed by atoms with van der Waals surface area (Å²) in [6, 6.07) is 0. The number of hydrogen-bond acceptors (Lipinski definition) is 8. The fourth-order valence-corrected chi connectivity index (χ4v) is 4.64. The molecular weight excluding hydrogens is 462 g/mol. The number of aliphatic hydroxyl groups excluding tert-OH is 3. The van der Waals surface area contributed by atoms with Crippen molar-refractivity contribution in [3.05, 3.63) is 35.1 Å². The summed E-state index contributed by atoms with van der Waals surface area (Å²) in [6.07, 6.45) is 5.57. The third kappa shape index (κ3) is 7.85. The molecule has 8 heteroatoms. The van der Waals surface area contributed by atoms with E-state index in [0.29, 0.717) is 18.5 Å². The van der Waals surface area contributed by atoms with Crippen LogP contribution in [0.25, 0.3) is 6.08 Å². The molecule has 0 saturated heterocycles. The maximum atomic E-state index is 13.4. The van der Waals surface area contributed by atoms with E-state index in [4.69, 9.17) is 9.15 Å². The first-order valence-corrected chi connectivity index (χ1v) is 12.9. The molecule has 3 N–H and O–H groups in total. The summed E-state index contributed by atoms with van der Waals surface area (Å²) >= 11 is 0. The van der Waals surface area contributed by atoms with Crippen LogP contribution in [0.5, 0.6) is 0 Å². The average molecular weight is 506 g/mol. The van der Waals surface area contributed by atoms with Crippen molar-refractivity contribution in [3.63, 3.8) is 0 Å². The first-order chi connectivity index (χ1) is 16.9. The molecule has 1 aliphatic rings. The second-order valence-electron chi connectivity index (χ2n) is 10.7. The van der Waals surface area contributed by atoms with Crippen molar-refractivity contribution in [2.24, 2.45) is 17.3 Å². The lowest BCUT2D eigenvalue weighted by Crippen LogP contribution is -2.46. The normalized spacial score (nSPS) is 31.0. The molecule has 0 amide bonds. The number of nitrogens with zero attached hydrogens (tertiary/aromatic N) is 1. The Morgan fingerprint density at radius 2 is 1.97 bits per heavy atom. The van der Waals surface area contributed by atoms with Crippen LogP contribution in [0.4, 0.5) is 0 Å². The van der Waals surface area contributed by atoms with Gasteiger partial charge in [-0.25, -0.2) is 4.98 Å². The summed E-state index contributed by atoms with van der Waals surface area (Å²) in [4.78, 5) is 30.4. The van der Waals surface area contributed by atoms with Gasteiger partial charge in [0.05, 0.1) is 24.0 Å². The Hall–Kier alpha value is -2.29. The lowest BCUT2D eigenvalue weighted by molar-refractivity contribution is -0.154. The fourth-order valence-electron chi connectivity index (χ4n) is 4.64. The van der Waals surface area contributed by atoms with Gasteiger partial charge in [-0.15, -0.1) is 0 Å². The highest BCUT2D eigenvalue weighted by Crippen LogP contribution is 2.34. The van der Waals surface area contributed by atoms with Crippen LogP contribution in [-0.2, 0) is 20.9 Å². The molecule has 5 atom stereocenters. The molecule has 202 valence electrons. The summed E-state index contributed by atoms with van der Waals surface area (Å²) in [7, 11) is 0. The molecule has 2 heterocycles. The zero-order valence-corrected chi connectivity index (χ0v) is 22.5. The van der Waals surface area contributed by atoms with E-state index < -0.39 is 35.6 Å². The van der Waals surface area contributed by atoms with Crippen LogP contribution in [0, 0.1) is 17.3 Å². The first kappa shape index (κ1) is 29.9. The molecule has 0 bridgehead atoms. The van der Waals surface area contributed by atoms with Gasteiger partial charge in [-0.2, -0.15) is 0 Å². The summed E-state index contributed by atoms with van der Waals surface area (Å²) in [5, 5.41) is 31.0. The smallest absolute Gasteiger partial charge is 0.309 e. The van der Waals surface area contributed by atoms with Crippen LogP contribution in [0.1, 0.15) is 91.7 Å². The zero-order chi connectivity index (χ0) is 27.0. The maximum Gasteiger partial charge on any atom is 0.309 e. The lowest BCUT2D eigenvalue weighted by atomic mass is 9.71.